The lowest BCUT2D eigenvalue weighted by Crippen LogP contribution is -1.95. The number of ether oxygens (including phenoxy) is 1. The third-order valence-electron chi connectivity index (χ3n) is 2.21. The molecule has 1 aromatic rings. The summed E-state index contributed by atoms with van der Waals surface area (Å²) in [5.74, 6) is 0.715. The van der Waals surface area contributed by atoms with Crippen molar-refractivity contribution < 1.29 is 9.53 Å². The van der Waals surface area contributed by atoms with Crippen molar-refractivity contribution in [2.75, 3.05) is 7.11 Å². The highest BCUT2D eigenvalue weighted by Gasteiger charge is 2.10. The van der Waals surface area contributed by atoms with E-state index in [4.69, 9.17) is 21.6 Å². The first-order valence-corrected chi connectivity index (χ1v) is 4.93. The maximum atomic E-state index is 11.0. The normalized spacial score (nSPS) is 11.4. The Morgan fingerprint density at radius 2 is 1.94 bits per heavy atom. The number of methoxy groups -OCH3 is 1. The van der Waals surface area contributed by atoms with Gasteiger partial charge in [-0.3, -0.25) is 4.79 Å². The number of carbonyl (C=O) groups is 1. The molecule has 0 bridgehead atoms. The highest BCUT2D eigenvalue weighted by atomic mass is 35.5. The van der Waals surface area contributed by atoms with Crippen LogP contribution in [-0.2, 0) is 4.79 Å². The van der Waals surface area contributed by atoms with E-state index in [0.29, 0.717) is 11.3 Å². The average molecular weight is 236 g/mol. The fraction of sp³-hybridized carbons (Fsp3) is 0.167. The van der Waals surface area contributed by atoms with Gasteiger partial charge in [0.2, 0.25) is 0 Å². The van der Waals surface area contributed by atoms with Crippen molar-refractivity contribution in [1.29, 1.82) is 5.26 Å². The molecule has 0 saturated heterocycles. The Labute approximate surface area is 98.9 Å². The standard InChI is InChI=1S/C12H10ClNO2/c1-8(11(7-14)12(13)15)9-3-5-10(16-2)6-4-9/h3-6H,1-2H3. The molecule has 0 fully saturated rings. The monoisotopic (exact) mass is 235 g/mol. The van der Waals surface area contributed by atoms with Crippen molar-refractivity contribution in [1.82, 2.24) is 0 Å². The third kappa shape index (κ3) is 2.62. The molecular weight excluding hydrogens is 226 g/mol. The van der Waals surface area contributed by atoms with Gasteiger partial charge in [-0.2, -0.15) is 5.26 Å². The van der Waals surface area contributed by atoms with Crippen molar-refractivity contribution in [3.8, 4) is 11.8 Å². The Balaban J connectivity index is 3.18. The highest BCUT2D eigenvalue weighted by Crippen LogP contribution is 2.22. The molecule has 0 spiro atoms. The SMILES string of the molecule is COc1ccc(C(C)=C(C#N)C(=O)Cl)cc1. The van der Waals surface area contributed by atoms with Crippen molar-refractivity contribution in [3.05, 3.63) is 35.4 Å². The summed E-state index contributed by atoms with van der Waals surface area (Å²) in [5.41, 5.74) is 1.29. The first-order valence-electron chi connectivity index (χ1n) is 4.55. The zero-order valence-corrected chi connectivity index (χ0v) is 9.71. The summed E-state index contributed by atoms with van der Waals surface area (Å²) in [6, 6.07) is 8.85. The molecule has 0 atom stereocenters. The fourth-order valence-electron chi connectivity index (χ4n) is 1.26. The summed E-state index contributed by atoms with van der Waals surface area (Å²) in [4.78, 5) is 11.0. The average Bonchev–Trinajstić information content (AvgIpc) is 2.29. The largest absolute Gasteiger partial charge is 0.497 e. The second-order valence-corrected chi connectivity index (χ2v) is 3.46. The van der Waals surface area contributed by atoms with Crippen LogP contribution in [0.2, 0.25) is 0 Å². The molecule has 0 aromatic heterocycles. The molecule has 0 N–H and O–H groups in total. The number of hydrogen-bond donors (Lipinski definition) is 0. The van der Waals surface area contributed by atoms with Crippen LogP contribution in [-0.4, -0.2) is 12.4 Å². The van der Waals surface area contributed by atoms with Crippen LogP contribution in [0.1, 0.15) is 12.5 Å². The Bertz CT molecular complexity index is 469. The third-order valence-corrected chi connectivity index (χ3v) is 2.40. The van der Waals surface area contributed by atoms with E-state index < -0.39 is 5.24 Å². The molecule has 0 unspecified atom stereocenters. The smallest absolute Gasteiger partial charge is 0.263 e. The van der Waals surface area contributed by atoms with E-state index in [-0.39, 0.29) is 5.57 Å². The summed E-state index contributed by atoms with van der Waals surface area (Å²) in [7, 11) is 1.57. The lowest BCUT2D eigenvalue weighted by Gasteiger charge is -2.04. The molecule has 1 aromatic carbocycles. The lowest BCUT2D eigenvalue weighted by atomic mass is 10.0. The van der Waals surface area contributed by atoms with Crippen LogP contribution in [0.25, 0.3) is 5.57 Å². The fourth-order valence-corrected chi connectivity index (χ4v) is 1.44. The predicted molar refractivity (Wildman–Crippen MR) is 62.1 cm³/mol. The zero-order valence-electron chi connectivity index (χ0n) is 8.95. The first-order chi connectivity index (χ1) is 7.60. The predicted octanol–water partition coefficient (Wildman–Crippen LogP) is 2.76. The molecule has 0 saturated carbocycles. The molecule has 3 nitrogen and oxygen atoms in total. The van der Waals surface area contributed by atoms with E-state index in [2.05, 4.69) is 0 Å². The van der Waals surface area contributed by atoms with E-state index in [1.807, 2.05) is 0 Å². The van der Waals surface area contributed by atoms with E-state index in [9.17, 15) is 4.79 Å². The minimum atomic E-state index is -0.740. The second kappa shape index (κ2) is 5.34. The van der Waals surface area contributed by atoms with E-state index in [1.54, 1.807) is 44.4 Å². The number of halogens is 1. The topological polar surface area (TPSA) is 50.1 Å². The molecule has 1 rings (SSSR count). The van der Waals surface area contributed by atoms with Crippen molar-refractivity contribution in [2.24, 2.45) is 0 Å². The molecule has 16 heavy (non-hydrogen) atoms. The van der Waals surface area contributed by atoms with Gasteiger partial charge in [-0.05, 0) is 41.8 Å². The lowest BCUT2D eigenvalue weighted by molar-refractivity contribution is -0.108. The van der Waals surface area contributed by atoms with Crippen molar-refractivity contribution in [3.63, 3.8) is 0 Å². The number of nitrogens with zero attached hydrogens (tertiary/aromatic N) is 1. The van der Waals surface area contributed by atoms with Crippen LogP contribution < -0.4 is 4.74 Å². The number of rotatable bonds is 3. The second-order valence-electron chi connectivity index (χ2n) is 3.11. The van der Waals surface area contributed by atoms with Gasteiger partial charge in [-0.15, -0.1) is 0 Å². The Hall–Kier alpha value is -1.79. The summed E-state index contributed by atoms with van der Waals surface area (Å²) in [6.45, 7) is 1.68. The first kappa shape index (κ1) is 12.3. The minimum absolute atomic E-state index is 0.0353. The van der Waals surface area contributed by atoms with Gasteiger partial charge in [-0.25, -0.2) is 0 Å². The van der Waals surface area contributed by atoms with Gasteiger partial charge in [0.05, 0.1) is 7.11 Å². The van der Waals surface area contributed by atoms with Crippen LogP contribution in [0.4, 0.5) is 0 Å². The summed E-state index contributed by atoms with van der Waals surface area (Å²) >= 11 is 5.30. The van der Waals surface area contributed by atoms with Crippen molar-refractivity contribution >= 4 is 22.4 Å². The molecule has 0 heterocycles. The molecule has 0 radical (unpaired) electrons. The van der Waals surface area contributed by atoms with E-state index in [0.717, 1.165) is 5.56 Å². The maximum absolute atomic E-state index is 11.0. The molecule has 4 heteroatoms. The number of allylic oxidation sites excluding steroid dienone is 2. The van der Waals surface area contributed by atoms with E-state index >= 15 is 0 Å². The van der Waals surface area contributed by atoms with E-state index in [1.165, 1.54) is 0 Å². The zero-order chi connectivity index (χ0) is 12.1. The van der Waals surface area contributed by atoms with Crippen LogP contribution in [0.15, 0.2) is 29.8 Å². The number of nitriles is 1. The number of benzene rings is 1. The Morgan fingerprint density at radius 3 is 2.31 bits per heavy atom. The van der Waals surface area contributed by atoms with Gasteiger partial charge in [0.15, 0.2) is 0 Å². The highest BCUT2D eigenvalue weighted by molar-refractivity contribution is 6.68. The molecule has 82 valence electrons. The minimum Gasteiger partial charge on any atom is -0.497 e. The Kier molecular flexibility index (Phi) is 4.10. The molecule has 0 aliphatic heterocycles. The number of carbonyl (C=O) groups excluding carboxylic acids is 1. The van der Waals surface area contributed by atoms with Gasteiger partial charge in [-0.1, -0.05) is 12.1 Å². The van der Waals surface area contributed by atoms with Gasteiger partial charge in [0.1, 0.15) is 17.4 Å². The quantitative estimate of drug-likeness (QED) is 0.460. The summed E-state index contributed by atoms with van der Waals surface area (Å²) in [5, 5.41) is 8.05. The molecule has 0 amide bonds. The van der Waals surface area contributed by atoms with Crippen molar-refractivity contribution in [2.45, 2.75) is 6.92 Å². The van der Waals surface area contributed by atoms with Crippen LogP contribution in [0, 0.1) is 11.3 Å². The summed E-state index contributed by atoms with van der Waals surface area (Å²) < 4.78 is 5.01. The Morgan fingerprint density at radius 1 is 1.38 bits per heavy atom. The van der Waals surface area contributed by atoms with Gasteiger partial charge < -0.3 is 4.74 Å². The maximum Gasteiger partial charge on any atom is 0.263 e. The van der Waals surface area contributed by atoms with Gasteiger partial charge in [0, 0.05) is 0 Å². The van der Waals surface area contributed by atoms with Crippen LogP contribution >= 0.6 is 11.6 Å². The van der Waals surface area contributed by atoms with Crippen LogP contribution in [0.5, 0.6) is 5.75 Å². The van der Waals surface area contributed by atoms with Crippen LogP contribution in [0.3, 0.4) is 0 Å². The molecule has 0 aliphatic carbocycles. The van der Waals surface area contributed by atoms with Gasteiger partial charge >= 0.3 is 0 Å². The van der Waals surface area contributed by atoms with Gasteiger partial charge in [0.25, 0.3) is 5.24 Å². The number of hydrogen-bond acceptors (Lipinski definition) is 3. The molecular formula is C12H10ClNO2. The summed E-state index contributed by atoms with van der Waals surface area (Å²) in [6.07, 6.45) is 0. The molecule has 0 aliphatic rings.